The summed E-state index contributed by atoms with van der Waals surface area (Å²) < 4.78 is 30.5. The quantitative estimate of drug-likeness (QED) is 0.286. The van der Waals surface area contributed by atoms with Crippen molar-refractivity contribution < 1.29 is 28.5 Å². The summed E-state index contributed by atoms with van der Waals surface area (Å²) in [5.74, 6) is 0.459. The maximum absolute atomic E-state index is 13.5. The van der Waals surface area contributed by atoms with E-state index in [2.05, 4.69) is 15.3 Å². The molecule has 0 radical (unpaired) electrons. The number of hydrogen-bond acceptors (Lipinski definition) is 7. The van der Waals surface area contributed by atoms with Crippen molar-refractivity contribution in [2.75, 3.05) is 25.6 Å². The number of aromatic nitrogens is 2. The van der Waals surface area contributed by atoms with Crippen LogP contribution in [0.25, 0.3) is 10.9 Å². The Morgan fingerprint density at radius 1 is 1.06 bits per heavy atom. The number of aryl methyl sites for hydroxylation is 1. The molecule has 0 aliphatic heterocycles. The molecule has 0 unspecified atom stereocenters. The van der Waals surface area contributed by atoms with E-state index >= 15 is 0 Å². The summed E-state index contributed by atoms with van der Waals surface area (Å²) in [4.78, 5) is 19.7. The normalized spacial score (nSPS) is 10.7. The number of rotatable bonds is 9. The summed E-state index contributed by atoms with van der Waals surface area (Å²) in [6, 6.07) is 12.5. The Labute approximate surface area is 205 Å². The molecule has 0 saturated heterocycles. The minimum absolute atomic E-state index is 0.00755. The number of anilines is 2. The summed E-state index contributed by atoms with van der Waals surface area (Å²) in [6.07, 6.45) is 1.40. The largest absolute Gasteiger partial charge is 0.493 e. The van der Waals surface area contributed by atoms with Gasteiger partial charge in [-0.1, -0.05) is 11.6 Å². The lowest BCUT2D eigenvalue weighted by Crippen LogP contribution is -2.10. The number of halogens is 2. The van der Waals surface area contributed by atoms with E-state index < -0.39 is 11.8 Å². The molecule has 180 valence electrons. The van der Waals surface area contributed by atoms with E-state index in [-0.39, 0.29) is 23.8 Å². The Kier molecular flexibility index (Phi) is 7.17. The number of fused-ring (bicyclic) bond motifs is 1. The summed E-state index contributed by atoms with van der Waals surface area (Å²) in [7, 11) is 1.53. The number of aromatic carboxylic acids is 1. The highest BCUT2D eigenvalue weighted by Crippen LogP contribution is 2.35. The SMILES string of the molecule is COc1cc2ncnc(Nc3ccc(F)c(Cl)c3)c2cc1OCCOc1ccc(C(=O)O)c(C)c1. The van der Waals surface area contributed by atoms with Gasteiger partial charge in [0, 0.05) is 17.1 Å². The average Bonchev–Trinajstić information content (AvgIpc) is 2.83. The summed E-state index contributed by atoms with van der Waals surface area (Å²) in [6.45, 7) is 2.13. The topological polar surface area (TPSA) is 103 Å². The van der Waals surface area contributed by atoms with Gasteiger partial charge in [-0.05, 0) is 55.0 Å². The van der Waals surface area contributed by atoms with Gasteiger partial charge >= 0.3 is 5.97 Å². The molecule has 0 atom stereocenters. The highest BCUT2D eigenvalue weighted by atomic mass is 35.5. The second-order valence-corrected chi connectivity index (χ2v) is 7.88. The van der Waals surface area contributed by atoms with E-state index in [9.17, 15) is 9.18 Å². The third kappa shape index (κ3) is 5.52. The first-order chi connectivity index (χ1) is 16.9. The number of carboxylic acid groups (broad SMARTS) is 1. The lowest BCUT2D eigenvalue weighted by atomic mass is 10.1. The van der Waals surface area contributed by atoms with Gasteiger partial charge < -0.3 is 24.6 Å². The number of methoxy groups -OCH3 is 1. The molecule has 10 heteroatoms. The molecular formula is C25H21ClFN3O5. The van der Waals surface area contributed by atoms with Crippen molar-refractivity contribution in [3.8, 4) is 17.2 Å². The molecule has 0 amide bonds. The molecule has 3 aromatic carbocycles. The summed E-state index contributed by atoms with van der Waals surface area (Å²) in [5, 5.41) is 12.9. The van der Waals surface area contributed by atoms with Gasteiger partial charge in [-0.2, -0.15) is 0 Å². The van der Waals surface area contributed by atoms with Crippen molar-refractivity contribution >= 4 is 40.0 Å². The van der Waals surface area contributed by atoms with Crippen molar-refractivity contribution in [1.82, 2.24) is 9.97 Å². The van der Waals surface area contributed by atoms with Crippen molar-refractivity contribution in [2.45, 2.75) is 6.92 Å². The van der Waals surface area contributed by atoms with Gasteiger partial charge in [-0.3, -0.25) is 0 Å². The zero-order valence-electron chi connectivity index (χ0n) is 18.8. The van der Waals surface area contributed by atoms with Crippen LogP contribution in [0.3, 0.4) is 0 Å². The van der Waals surface area contributed by atoms with Gasteiger partial charge in [0.2, 0.25) is 0 Å². The Balaban J connectivity index is 1.50. The first-order valence-corrected chi connectivity index (χ1v) is 10.9. The Morgan fingerprint density at radius 3 is 2.57 bits per heavy atom. The lowest BCUT2D eigenvalue weighted by molar-refractivity contribution is 0.0696. The van der Waals surface area contributed by atoms with Gasteiger partial charge in [0.1, 0.15) is 36.9 Å². The van der Waals surface area contributed by atoms with E-state index in [0.29, 0.717) is 45.2 Å². The minimum Gasteiger partial charge on any atom is -0.493 e. The number of nitrogens with one attached hydrogen (secondary N) is 1. The average molecular weight is 498 g/mol. The Bertz CT molecular complexity index is 1400. The lowest BCUT2D eigenvalue weighted by Gasteiger charge is -2.14. The van der Waals surface area contributed by atoms with Gasteiger partial charge in [-0.15, -0.1) is 0 Å². The van der Waals surface area contributed by atoms with E-state index in [1.54, 1.807) is 37.3 Å². The highest BCUT2D eigenvalue weighted by molar-refractivity contribution is 6.31. The van der Waals surface area contributed by atoms with Crippen LogP contribution in [0.15, 0.2) is 54.9 Å². The first-order valence-electron chi connectivity index (χ1n) is 10.5. The van der Waals surface area contributed by atoms with E-state index in [0.717, 1.165) is 0 Å². The van der Waals surface area contributed by atoms with Crippen LogP contribution in [-0.2, 0) is 0 Å². The molecule has 1 aromatic heterocycles. The van der Waals surface area contributed by atoms with Crippen molar-refractivity contribution in [1.29, 1.82) is 0 Å². The maximum atomic E-state index is 13.5. The highest BCUT2D eigenvalue weighted by Gasteiger charge is 2.13. The molecule has 0 saturated carbocycles. The van der Waals surface area contributed by atoms with Crippen LogP contribution < -0.4 is 19.5 Å². The molecule has 2 N–H and O–H groups in total. The molecule has 4 rings (SSSR count). The molecule has 0 spiro atoms. The molecule has 1 heterocycles. The fraction of sp³-hybridized carbons (Fsp3) is 0.160. The molecule has 4 aromatic rings. The van der Waals surface area contributed by atoms with Crippen molar-refractivity contribution in [3.05, 3.63) is 76.8 Å². The van der Waals surface area contributed by atoms with Gasteiger partial charge in [0.05, 0.1) is 23.2 Å². The van der Waals surface area contributed by atoms with E-state index in [4.69, 9.17) is 30.9 Å². The van der Waals surface area contributed by atoms with Crippen molar-refractivity contribution in [3.63, 3.8) is 0 Å². The minimum atomic E-state index is -0.985. The second kappa shape index (κ2) is 10.4. The fourth-order valence-corrected chi connectivity index (χ4v) is 3.60. The molecular weight excluding hydrogens is 477 g/mol. The third-order valence-corrected chi connectivity index (χ3v) is 5.43. The van der Waals surface area contributed by atoms with Crippen LogP contribution in [0, 0.1) is 12.7 Å². The van der Waals surface area contributed by atoms with Crippen LogP contribution in [0.2, 0.25) is 5.02 Å². The zero-order valence-corrected chi connectivity index (χ0v) is 19.6. The number of carbonyl (C=O) groups is 1. The standard InChI is InChI=1S/C25H21ClFN3O5/c1-14-9-16(4-5-17(14)25(31)32)34-7-8-35-23-11-18-21(12-22(23)33-2)28-13-29-24(18)30-15-3-6-20(27)19(26)10-15/h3-6,9-13H,7-8H2,1-2H3,(H,31,32)(H,28,29,30). The monoisotopic (exact) mass is 497 g/mol. The van der Waals surface area contributed by atoms with E-state index in [1.807, 2.05) is 0 Å². The molecule has 0 aliphatic rings. The van der Waals surface area contributed by atoms with Crippen molar-refractivity contribution in [2.24, 2.45) is 0 Å². The molecule has 0 fully saturated rings. The predicted molar refractivity (Wildman–Crippen MR) is 130 cm³/mol. The number of nitrogens with zero attached hydrogens (tertiary/aromatic N) is 2. The van der Waals surface area contributed by atoms with Crippen LogP contribution in [0.1, 0.15) is 15.9 Å². The van der Waals surface area contributed by atoms with Crippen LogP contribution in [-0.4, -0.2) is 41.4 Å². The fourth-order valence-electron chi connectivity index (χ4n) is 3.42. The first kappa shape index (κ1) is 24.0. The molecule has 35 heavy (non-hydrogen) atoms. The predicted octanol–water partition coefficient (Wildman–Crippen LogP) is 5.64. The maximum Gasteiger partial charge on any atom is 0.335 e. The van der Waals surface area contributed by atoms with Gasteiger partial charge in [0.15, 0.2) is 11.5 Å². The Morgan fingerprint density at radius 2 is 1.86 bits per heavy atom. The smallest absolute Gasteiger partial charge is 0.335 e. The van der Waals surface area contributed by atoms with Crippen LogP contribution >= 0.6 is 11.6 Å². The molecule has 0 bridgehead atoms. The van der Waals surface area contributed by atoms with Gasteiger partial charge in [-0.25, -0.2) is 19.2 Å². The summed E-state index contributed by atoms with van der Waals surface area (Å²) >= 11 is 5.89. The molecule has 0 aliphatic carbocycles. The molecule has 8 nitrogen and oxygen atoms in total. The van der Waals surface area contributed by atoms with Crippen LogP contribution in [0.5, 0.6) is 17.2 Å². The Hall–Kier alpha value is -4.11. The summed E-state index contributed by atoms with van der Waals surface area (Å²) in [5.41, 5.74) is 2.01. The number of ether oxygens (including phenoxy) is 3. The number of benzene rings is 3. The number of hydrogen-bond donors (Lipinski definition) is 2. The van der Waals surface area contributed by atoms with E-state index in [1.165, 1.54) is 31.6 Å². The number of carboxylic acids is 1. The second-order valence-electron chi connectivity index (χ2n) is 7.48. The zero-order chi connectivity index (χ0) is 24.9. The van der Waals surface area contributed by atoms with Gasteiger partial charge in [0.25, 0.3) is 0 Å². The van der Waals surface area contributed by atoms with Crippen LogP contribution in [0.4, 0.5) is 15.9 Å². The third-order valence-electron chi connectivity index (χ3n) is 5.14.